The molecule has 0 aliphatic heterocycles. The number of hydrogen-bond donors (Lipinski definition) is 1. The maximum absolute atomic E-state index is 11.5. The summed E-state index contributed by atoms with van der Waals surface area (Å²) in [5.41, 5.74) is -0.392. The molecule has 0 aliphatic carbocycles. The topological polar surface area (TPSA) is 27.5 Å². The molecule has 0 saturated heterocycles. The standard InChI is InChI=1S/C8H19NO/c1-7(2,3)9(10)8(4,5)6/h9H,1-6H3. The van der Waals surface area contributed by atoms with Crippen molar-refractivity contribution in [3.05, 3.63) is 5.21 Å². The van der Waals surface area contributed by atoms with Crippen molar-refractivity contribution in [2.75, 3.05) is 0 Å². The maximum atomic E-state index is 11.5. The van der Waals surface area contributed by atoms with Gasteiger partial charge in [-0.3, -0.25) is 0 Å². The number of hydrogen-bond acceptors (Lipinski definition) is 1. The molecule has 62 valence electrons. The van der Waals surface area contributed by atoms with Gasteiger partial charge >= 0.3 is 0 Å². The Labute approximate surface area is 63.8 Å². The van der Waals surface area contributed by atoms with Crippen molar-refractivity contribution in [1.29, 1.82) is 0 Å². The number of hydroxylamine groups is 2. The molecule has 0 aliphatic rings. The summed E-state index contributed by atoms with van der Waals surface area (Å²) in [5, 5.41) is 11.8. The first-order chi connectivity index (χ1) is 4.15. The van der Waals surface area contributed by atoms with Gasteiger partial charge in [0.15, 0.2) is 0 Å². The Morgan fingerprint density at radius 3 is 1.00 bits per heavy atom. The Bertz CT molecular complexity index is 93.4. The highest BCUT2D eigenvalue weighted by Crippen LogP contribution is 2.00. The summed E-state index contributed by atoms with van der Waals surface area (Å²) in [6.45, 7) is 11.8. The fourth-order valence-electron chi connectivity index (χ4n) is 1.12. The highest BCUT2D eigenvalue weighted by atomic mass is 16.5. The molecule has 0 bridgehead atoms. The predicted octanol–water partition coefficient (Wildman–Crippen LogP) is 0.966. The molecule has 0 aromatic rings. The quantitative estimate of drug-likeness (QED) is 0.505. The van der Waals surface area contributed by atoms with Gasteiger partial charge in [0.1, 0.15) is 0 Å². The lowest BCUT2D eigenvalue weighted by Crippen LogP contribution is -3.21. The Morgan fingerprint density at radius 2 is 1.00 bits per heavy atom. The first-order valence-corrected chi connectivity index (χ1v) is 3.70. The molecule has 0 fully saturated rings. The lowest BCUT2D eigenvalue weighted by molar-refractivity contribution is -0.944. The molecule has 0 spiro atoms. The van der Waals surface area contributed by atoms with Gasteiger partial charge in [0.05, 0.1) is 11.1 Å². The van der Waals surface area contributed by atoms with Crippen LogP contribution in [0.5, 0.6) is 0 Å². The minimum atomic E-state index is -0.196. The van der Waals surface area contributed by atoms with E-state index in [4.69, 9.17) is 0 Å². The molecule has 0 saturated carbocycles. The first-order valence-electron chi connectivity index (χ1n) is 3.70. The van der Waals surface area contributed by atoms with E-state index in [1.807, 2.05) is 41.5 Å². The van der Waals surface area contributed by atoms with Crippen LogP contribution < -0.4 is 5.06 Å². The molecule has 0 heterocycles. The van der Waals surface area contributed by atoms with E-state index in [0.717, 1.165) is 0 Å². The maximum Gasteiger partial charge on any atom is 0.0892 e. The molecule has 0 amide bonds. The van der Waals surface area contributed by atoms with Crippen LogP contribution in [0.3, 0.4) is 0 Å². The van der Waals surface area contributed by atoms with E-state index in [1.165, 1.54) is 0 Å². The molecule has 0 unspecified atom stereocenters. The zero-order valence-electron chi connectivity index (χ0n) is 7.91. The molecule has 0 radical (unpaired) electrons. The van der Waals surface area contributed by atoms with Crippen molar-refractivity contribution in [3.8, 4) is 0 Å². The Morgan fingerprint density at radius 1 is 0.800 bits per heavy atom. The van der Waals surface area contributed by atoms with Crippen molar-refractivity contribution in [3.63, 3.8) is 0 Å². The Hall–Kier alpha value is -0.0800. The van der Waals surface area contributed by atoms with Crippen LogP contribution in [0.4, 0.5) is 0 Å². The van der Waals surface area contributed by atoms with E-state index < -0.39 is 0 Å². The van der Waals surface area contributed by atoms with Gasteiger partial charge in [0.2, 0.25) is 0 Å². The minimum absolute atomic E-state index is 0.196. The highest BCUT2D eigenvalue weighted by molar-refractivity contribution is 4.65. The van der Waals surface area contributed by atoms with Gasteiger partial charge in [-0.2, -0.15) is 0 Å². The molecule has 10 heavy (non-hydrogen) atoms. The molecular weight excluding hydrogens is 126 g/mol. The zero-order valence-corrected chi connectivity index (χ0v) is 7.91. The van der Waals surface area contributed by atoms with Crippen molar-refractivity contribution in [2.24, 2.45) is 0 Å². The van der Waals surface area contributed by atoms with Gasteiger partial charge in [0.25, 0.3) is 0 Å². The second kappa shape index (κ2) is 2.51. The van der Waals surface area contributed by atoms with E-state index in [9.17, 15) is 5.21 Å². The third kappa shape index (κ3) is 2.67. The van der Waals surface area contributed by atoms with Crippen LogP contribution >= 0.6 is 0 Å². The van der Waals surface area contributed by atoms with Gasteiger partial charge in [-0.25, -0.2) is 0 Å². The minimum Gasteiger partial charge on any atom is -0.634 e. The molecular formula is C8H19NO. The van der Waals surface area contributed by atoms with Gasteiger partial charge in [-0.05, 0) is 41.5 Å². The molecule has 1 N–H and O–H groups in total. The Kier molecular flexibility index (Phi) is 2.49. The monoisotopic (exact) mass is 145 g/mol. The molecule has 0 aromatic carbocycles. The number of quaternary nitrogens is 1. The van der Waals surface area contributed by atoms with Gasteiger partial charge in [0, 0.05) is 0 Å². The molecule has 0 rings (SSSR count). The van der Waals surface area contributed by atoms with Crippen molar-refractivity contribution in [1.82, 2.24) is 0 Å². The highest BCUT2D eigenvalue weighted by Gasteiger charge is 2.28. The zero-order chi connectivity index (χ0) is 8.58. The third-order valence-electron chi connectivity index (χ3n) is 1.36. The number of nitrogens with one attached hydrogen (secondary N) is 1. The lowest BCUT2D eigenvalue weighted by Gasteiger charge is -2.45. The smallest absolute Gasteiger partial charge is 0.0892 e. The summed E-state index contributed by atoms with van der Waals surface area (Å²) in [6, 6.07) is 0. The molecule has 2 nitrogen and oxygen atoms in total. The third-order valence-corrected chi connectivity index (χ3v) is 1.36. The normalized spacial score (nSPS) is 14.4. The fourth-order valence-corrected chi connectivity index (χ4v) is 1.12. The largest absolute Gasteiger partial charge is 0.634 e. The van der Waals surface area contributed by atoms with Gasteiger partial charge in [-0.15, -0.1) is 0 Å². The molecule has 0 atom stereocenters. The summed E-state index contributed by atoms with van der Waals surface area (Å²) in [6.07, 6.45) is 0. The summed E-state index contributed by atoms with van der Waals surface area (Å²) >= 11 is 0. The van der Waals surface area contributed by atoms with Crippen LogP contribution in [-0.2, 0) is 0 Å². The van der Waals surface area contributed by atoms with E-state index in [2.05, 4.69) is 0 Å². The van der Waals surface area contributed by atoms with E-state index in [1.54, 1.807) is 0 Å². The number of rotatable bonds is 0. The van der Waals surface area contributed by atoms with E-state index in [0.29, 0.717) is 5.06 Å². The van der Waals surface area contributed by atoms with E-state index in [-0.39, 0.29) is 11.1 Å². The Balaban J connectivity index is 4.23. The van der Waals surface area contributed by atoms with Crippen molar-refractivity contribution in [2.45, 2.75) is 52.6 Å². The average molecular weight is 145 g/mol. The van der Waals surface area contributed by atoms with E-state index >= 15 is 0 Å². The summed E-state index contributed by atoms with van der Waals surface area (Å²) < 4.78 is 0. The van der Waals surface area contributed by atoms with Gasteiger partial charge in [-0.1, -0.05) is 0 Å². The SMILES string of the molecule is CC(C)(C)[NH+]([O-])C(C)(C)C. The molecule has 0 aromatic heterocycles. The predicted molar refractivity (Wildman–Crippen MR) is 43.8 cm³/mol. The second-order valence-corrected chi connectivity index (χ2v) is 4.83. The van der Waals surface area contributed by atoms with Crippen LogP contribution in [0.1, 0.15) is 41.5 Å². The summed E-state index contributed by atoms with van der Waals surface area (Å²) in [7, 11) is 0. The summed E-state index contributed by atoms with van der Waals surface area (Å²) in [5.74, 6) is 0. The fraction of sp³-hybridized carbons (Fsp3) is 1.00. The average Bonchev–Trinajstić information content (AvgIpc) is 1.59. The van der Waals surface area contributed by atoms with Crippen molar-refractivity contribution < 1.29 is 5.06 Å². The lowest BCUT2D eigenvalue weighted by atomic mass is 10.0. The molecule has 2 heteroatoms. The summed E-state index contributed by atoms with van der Waals surface area (Å²) in [4.78, 5) is 0. The van der Waals surface area contributed by atoms with Crippen LogP contribution in [0.15, 0.2) is 0 Å². The van der Waals surface area contributed by atoms with Crippen molar-refractivity contribution >= 4 is 0 Å². The van der Waals surface area contributed by atoms with Crippen LogP contribution in [0.2, 0.25) is 0 Å². The second-order valence-electron chi connectivity index (χ2n) is 4.83. The van der Waals surface area contributed by atoms with Crippen LogP contribution in [0, 0.1) is 5.21 Å². The first kappa shape index (κ1) is 9.92. The van der Waals surface area contributed by atoms with Gasteiger partial charge < -0.3 is 10.3 Å². The van der Waals surface area contributed by atoms with Crippen LogP contribution in [0.25, 0.3) is 0 Å². The van der Waals surface area contributed by atoms with Crippen LogP contribution in [-0.4, -0.2) is 11.1 Å².